The van der Waals surface area contributed by atoms with E-state index in [4.69, 9.17) is 16.0 Å². The van der Waals surface area contributed by atoms with Crippen LogP contribution in [0.4, 0.5) is 0 Å². The number of fused-ring (bicyclic) bond motifs is 3. The highest BCUT2D eigenvalue weighted by atomic mass is 35.5. The average Bonchev–Trinajstić information content (AvgIpc) is 3.22. The third kappa shape index (κ3) is 3.35. The van der Waals surface area contributed by atoms with Crippen LogP contribution in [-0.4, -0.2) is 11.1 Å². The molecule has 0 aliphatic carbocycles. The molecule has 6 rings (SSSR count). The van der Waals surface area contributed by atoms with Gasteiger partial charge in [-0.15, -0.1) is 0 Å². The number of furan rings is 1. The van der Waals surface area contributed by atoms with E-state index < -0.39 is 0 Å². The molecule has 1 aliphatic heterocycles. The lowest BCUT2D eigenvalue weighted by atomic mass is 10.0. The van der Waals surface area contributed by atoms with Gasteiger partial charge in [-0.1, -0.05) is 78.9 Å². The Bertz CT molecular complexity index is 1500. The number of halogens is 1. The Kier molecular flexibility index (Phi) is 4.51. The molecule has 0 bridgehead atoms. The molecule has 0 saturated carbocycles. The number of nitrogens with one attached hydrogen (secondary N) is 1. The van der Waals surface area contributed by atoms with Gasteiger partial charge in [0.25, 0.3) is 0 Å². The monoisotopic (exact) mass is 435 g/mol. The van der Waals surface area contributed by atoms with Crippen LogP contribution in [-0.2, 0) is 0 Å². The topological polar surface area (TPSA) is 49.9 Å². The lowest BCUT2D eigenvalue weighted by Gasteiger charge is -2.21. The van der Waals surface area contributed by atoms with Gasteiger partial charge in [0, 0.05) is 21.9 Å². The van der Waals surface area contributed by atoms with Crippen LogP contribution in [0.5, 0.6) is 0 Å². The zero-order chi connectivity index (χ0) is 21.5. The molecule has 1 aromatic heterocycles. The van der Waals surface area contributed by atoms with Crippen LogP contribution in [0.2, 0.25) is 0 Å². The molecule has 4 aromatic carbocycles. The molecule has 5 aromatic rings. The number of hydrogen-bond acceptors (Lipinski definition) is 4. The van der Waals surface area contributed by atoms with Crippen molar-refractivity contribution in [3.8, 4) is 11.1 Å². The molecule has 1 N–H and O–H groups in total. The Hall–Kier alpha value is -3.89. The first kappa shape index (κ1) is 18.8. The predicted octanol–water partition coefficient (Wildman–Crippen LogP) is 6.90. The number of rotatable bonds is 3. The van der Waals surface area contributed by atoms with Gasteiger partial charge in [-0.25, -0.2) is 9.98 Å². The lowest BCUT2D eigenvalue weighted by molar-refractivity contribution is 0.656. The molecule has 0 spiro atoms. The van der Waals surface area contributed by atoms with Gasteiger partial charge >= 0.3 is 0 Å². The summed E-state index contributed by atoms with van der Waals surface area (Å²) in [6.45, 7) is 0. The second-order valence-electron chi connectivity index (χ2n) is 7.71. The zero-order valence-electron chi connectivity index (χ0n) is 17.0. The quantitative estimate of drug-likeness (QED) is 0.313. The maximum absolute atomic E-state index is 6.26. The first-order valence-electron chi connectivity index (χ1n) is 10.4. The zero-order valence-corrected chi connectivity index (χ0v) is 17.8. The molecular formula is C27H18ClN3O. The van der Waals surface area contributed by atoms with Gasteiger partial charge in [0.15, 0.2) is 0 Å². The molecule has 1 atom stereocenters. The van der Waals surface area contributed by atoms with Crippen molar-refractivity contribution >= 4 is 44.7 Å². The summed E-state index contributed by atoms with van der Waals surface area (Å²) in [7, 11) is 0. The largest absolute Gasteiger partial charge is 0.456 e. The molecule has 5 heteroatoms. The molecule has 0 fully saturated rings. The minimum atomic E-state index is -0.340. The van der Waals surface area contributed by atoms with E-state index in [2.05, 4.69) is 63.8 Å². The Labute approximate surface area is 189 Å². The van der Waals surface area contributed by atoms with Crippen LogP contribution < -0.4 is 5.32 Å². The Morgan fingerprint density at radius 2 is 1.44 bits per heavy atom. The highest BCUT2D eigenvalue weighted by molar-refractivity contribution is 6.66. The van der Waals surface area contributed by atoms with Gasteiger partial charge in [-0.2, -0.15) is 0 Å². The van der Waals surface area contributed by atoms with E-state index in [9.17, 15) is 0 Å². The van der Waals surface area contributed by atoms with Crippen molar-refractivity contribution in [2.45, 2.75) is 6.17 Å². The Balaban J connectivity index is 1.38. The van der Waals surface area contributed by atoms with E-state index in [0.29, 0.717) is 5.84 Å². The van der Waals surface area contributed by atoms with Crippen LogP contribution >= 0.6 is 11.6 Å². The molecule has 1 unspecified atom stereocenters. The van der Waals surface area contributed by atoms with E-state index in [1.54, 1.807) is 0 Å². The molecule has 0 saturated heterocycles. The molecule has 2 heterocycles. The molecule has 32 heavy (non-hydrogen) atoms. The standard InChI is InChI=1S/C27H18ClN3O/c28-27-30-25(18-9-5-2-6-10-18)29-26(31-27)20-11-13-21-22-15-19(17-7-3-1-4-8-17)12-14-23(22)32-24(21)16-20/h1-16,26H,(H,29,30,31). The second kappa shape index (κ2) is 7.66. The number of hydrogen-bond donors (Lipinski definition) is 1. The fourth-order valence-electron chi connectivity index (χ4n) is 4.10. The summed E-state index contributed by atoms with van der Waals surface area (Å²) in [6, 6.07) is 32.7. The van der Waals surface area contributed by atoms with Gasteiger partial charge in [0.05, 0.1) is 0 Å². The summed E-state index contributed by atoms with van der Waals surface area (Å²) >= 11 is 6.26. The molecule has 154 valence electrons. The average molecular weight is 436 g/mol. The number of nitrogens with zero attached hydrogens (tertiary/aromatic N) is 2. The highest BCUT2D eigenvalue weighted by Gasteiger charge is 2.20. The van der Waals surface area contributed by atoms with Crippen LogP contribution in [0.15, 0.2) is 111 Å². The second-order valence-corrected chi connectivity index (χ2v) is 8.04. The van der Waals surface area contributed by atoms with Gasteiger partial charge in [-0.05, 0) is 40.9 Å². The highest BCUT2D eigenvalue weighted by Crippen LogP contribution is 2.34. The lowest BCUT2D eigenvalue weighted by Crippen LogP contribution is -2.32. The SMILES string of the molecule is ClC1=NC(c2ccc3c(c2)oc2ccc(-c4ccccc4)cc23)NC(c2ccccc2)=N1. The van der Waals surface area contributed by atoms with Crippen molar-refractivity contribution in [2.24, 2.45) is 9.98 Å². The Morgan fingerprint density at radius 1 is 0.688 bits per heavy atom. The first-order valence-corrected chi connectivity index (χ1v) is 10.8. The fraction of sp³-hybridized carbons (Fsp3) is 0.0370. The minimum Gasteiger partial charge on any atom is -0.456 e. The van der Waals surface area contributed by atoms with Crippen molar-refractivity contribution in [3.05, 3.63) is 108 Å². The summed E-state index contributed by atoms with van der Waals surface area (Å²) in [4.78, 5) is 8.85. The maximum atomic E-state index is 6.26. The smallest absolute Gasteiger partial charge is 0.222 e. The summed E-state index contributed by atoms with van der Waals surface area (Å²) < 4.78 is 6.17. The van der Waals surface area contributed by atoms with Gasteiger partial charge in [-0.3, -0.25) is 0 Å². The van der Waals surface area contributed by atoms with Crippen molar-refractivity contribution < 1.29 is 4.42 Å². The van der Waals surface area contributed by atoms with Crippen LogP contribution in [0.25, 0.3) is 33.1 Å². The third-order valence-electron chi connectivity index (χ3n) is 5.68. The molecular weight excluding hydrogens is 418 g/mol. The van der Waals surface area contributed by atoms with Gasteiger partial charge in [0.2, 0.25) is 5.29 Å². The summed E-state index contributed by atoms with van der Waals surface area (Å²) in [6.07, 6.45) is -0.340. The molecule has 4 nitrogen and oxygen atoms in total. The van der Waals surface area contributed by atoms with Crippen molar-refractivity contribution in [3.63, 3.8) is 0 Å². The van der Waals surface area contributed by atoms with Crippen molar-refractivity contribution in [1.82, 2.24) is 5.32 Å². The minimum absolute atomic E-state index is 0.227. The van der Waals surface area contributed by atoms with E-state index in [1.807, 2.05) is 48.5 Å². The number of amidine groups is 2. The summed E-state index contributed by atoms with van der Waals surface area (Å²) in [5.41, 5.74) is 5.95. The summed E-state index contributed by atoms with van der Waals surface area (Å²) in [5, 5.41) is 5.78. The van der Waals surface area contributed by atoms with Crippen LogP contribution in [0.3, 0.4) is 0 Å². The number of benzene rings is 4. The first-order chi connectivity index (χ1) is 15.7. The predicted molar refractivity (Wildman–Crippen MR) is 131 cm³/mol. The van der Waals surface area contributed by atoms with Crippen molar-refractivity contribution in [2.75, 3.05) is 0 Å². The van der Waals surface area contributed by atoms with E-state index >= 15 is 0 Å². The van der Waals surface area contributed by atoms with Gasteiger partial charge < -0.3 is 9.73 Å². The summed E-state index contributed by atoms with van der Waals surface area (Å²) in [5.74, 6) is 0.702. The van der Waals surface area contributed by atoms with Gasteiger partial charge in [0.1, 0.15) is 23.2 Å². The van der Waals surface area contributed by atoms with Crippen LogP contribution in [0.1, 0.15) is 17.3 Å². The maximum Gasteiger partial charge on any atom is 0.222 e. The van der Waals surface area contributed by atoms with E-state index in [0.717, 1.165) is 33.1 Å². The van der Waals surface area contributed by atoms with Crippen molar-refractivity contribution in [1.29, 1.82) is 0 Å². The molecule has 0 amide bonds. The number of aliphatic imine (C=N–C) groups is 2. The normalized spacial score (nSPS) is 16.0. The fourth-order valence-corrected chi connectivity index (χ4v) is 4.28. The van der Waals surface area contributed by atoms with E-state index in [-0.39, 0.29) is 11.5 Å². The third-order valence-corrected chi connectivity index (χ3v) is 5.86. The van der Waals surface area contributed by atoms with E-state index in [1.165, 1.54) is 11.1 Å². The van der Waals surface area contributed by atoms with Crippen LogP contribution in [0, 0.1) is 0 Å². The molecule has 0 radical (unpaired) electrons. The molecule has 1 aliphatic rings. The Morgan fingerprint density at radius 3 is 2.22 bits per heavy atom.